The summed E-state index contributed by atoms with van der Waals surface area (Å²) in [4.78, 5) is 0. The standard InChI is InChI=1S/C14H22FP.BF4/c1-13(2,3)16(14(4,5)6)12-9-7-11(15)8-10-12;2-1(3,4)5/h7-10H,1-6H3;/q;-1/p+1. The van der Waals surface area contributed by atoms with Gasteiger partial charge in [0.1, 0.15) is 5.82 Å². The van der Waals surface area contributed by atoms with Gasteiger partial charge in [-0.15, -0.1) is 0 Å². The quantitative estimate of drug-likeness (QED) is 0.360. The summed E-state index contributed by atoms with van der Waals surface area (Å²) in [6.07, 6.45) is 0. The van der Waals surface area contributed by atoms with E-state index in [-0.39, 0.29) is 16.1 Å². The highest BCUT2D eigenvalue weighted by Crippen LogP contribution is 2.58. The summed E-state index contributed by atoms with van der Waals surface area (Å²) in [6.45, 7) is 13.7. The highest BCUT2D eigenvalue weighted by molar-refractivity contribution is 7.68. The summed E-state index contributed by atoms with van der Waals surface area (Å²) >= 11 is 0. The second-order valence-corrected chi connectivity index (χ2v) is 11.2. The van der Waals surface area contributed by atoms with Crippen molar-refractivity contribution < 1.29 is 21.7 Å². The van der Waals surface area contributed by atoms with Crippen molar-refractivity contribution in [3.8, 4) is 0 Å². The maximum absolute atomic E-state index is 13.0. The maximum atomic E-state index is 13.0. The third-order valence-corrected chi connectivity index (χ3v) is 6.54. The van der Waals surface area contributed by atoms with Crippen LogP contribution < -0.4 is 5.30 Å². The van der Waals surface area contributed by atoms with Gasteiger partial charge in [-0.2, -0.15) is 0 Å². The first-order chi connectivity index (χ1) is 9.12. The molecular formula is C14H23BF5P. The first-order valence-corrected chi connectivity index (χ1v) is 8.13. The van der Waals surface area contributed by atoms with Crippen LogP contribution in [0.5, 0.6) is 0 Å². The zero-order valence-corrected chi connectivity index (χ0v) is 14.3. The fraction of sp³-hybridized carbons (Fsp3) is 0.571. The van der Waals surface area contributed by atoms with Gasteiger partial charge in [0.05, 0.1) is 15.6 Å². The first kappa shape index (κ1) is 20.4. The van der Waals surface area contributed by atoms with Gasteiger partial charge in [0.2, 0.25) is 0 Å². The van der Waals surface area contributed by atoms with Crippen molar-refractivity contribution in [1.29, 1.82) is 0 Å². The fourth-order valence-electron chi connectivity index (χ4n) is 2.61. The van der Waals surface area contributed by atoms with Crippen LogP contribution in [0, 0.1) is 5.82 Å². The Balaban J connectivity index is 0.000000690. The highest BCUT2D eigenvalue weighted by Gasteiger charge is 2.43. The first-order valence-electron chi connectivity index (χ1n) is 6.63. The summed E-state index contributed by atoms with van der Waals surface area (Å²) in [6, 6.07) is 7.08. The molecule has 0 atom stereocenters. The Bertz CT molecular complexity index is 409. The summed E-state index contributed by atoms with van der Waals surface area (Å²) in [7, 11) is -6.74. The van der Waals surface area contributed by atoms with E-state index in [0.717, 1.165) is 0 Å². The molecule has 0 fully saturated rings. The molecule has 0 N–H and O–H groups in total. The van der Waals surface area contributed by atoms with Crippen molar-refractivity contribution in [3.63, 3.8) is 0 Å². The molecule has 0 saturated carbocycles. The smallest absolute Gasteiger partial charge is 0.418 e. The lowest BCUT2D eigenvalue weighted by atomic mass is 10.2. The van der Waals surface area contributed by atoms with E-state index in [9.17, 15) is 21.7 Å². The van der Waals surface area contributed by atoms with E-state index >= 15 is 0 Å². The second kappa shape index (κ2) is 7.08. The number of halogens is 5. The lowest BCUT2D eigenvalue weighted by Crippen LogP contribution is -2.31. The normalized spacial score (nSPS) is 13.0. The van der Waals surface area contributed by atoms with E-state index in [4.69, 9.17) is 0 Å². The molecule has 0 bridgehead atoms. The molecule has 0 unspecified atom stereocenters. The summed E-state index contributed by atoms with van der Waals surface area (Å²) < 4.78 is 52.0. The molecule has 1 rings (SSSR count). The van der Waals surface area contributed by atoms with Crippen LogP contribution in [0.4, 0.5) is 21.7 Å². The van der Waals surface area contributed by atoms with Crippen LogP contribution in [0.2, 0.25) is 0 Å². The Morgan fingerprint density at radius 1 is 0.762 bits per heavy atom. The SMILES string of the molecule is CC(C)(C)[PH+](c1ccc(F)cc1)C(C)(C)C.F[B-](F)(F)F. The highest BCUT2D eigenvalue weighted by atomic mass is 31.1. The van der Waals surface area contributed by atoms with Gasteiger partial charge < -0.3 is 17.3 Å². The van der Waals surface area contributed by atoms with E-state index in [2.05, 4.69) is 41.5 Å². The average molecular weight is 328 g/mol. The number of hydrogen-bond acceptors (Lipinski definition) is 0. The summed E-state index contributed by atoms with van der Waals surface area (Å²) in [5, 5.41) is 1.88. The van der Waals surface area contributed by atoms with Crippen LogP contribution in [-0.2, 0) is 0 Å². The fourth-order valence-corrected chi connectivity index (χ4v) is 7.09. The predicted molar refractivity (Wildman–Crippen MR) is 84.0 cm³/mol. The Hall–Kier alpha value is -0.635. The third kappa shape index (κ3) is 9.08. The zero-order chi connectivity index (χ0) is 17.1. The van der Waals surface area contributed by atoms with Crippen LogP contribution >= 0.6 is 7.92 Å². The van der Waals surface area contributed by atoms with Crippen molar-refractivity contribution in [2.24, 2.45) is 0 Å². The molecule has 1 aromatic rings. The Morgan fingerprint density at radius 3 is 1.29 bits per heavy atom. The molecule has 0 aliphatic heterocycles. The molecule has 1 aromatic carbocycles. The van der Waals surface area contributed by atoms with Crippen LogP contribution in [0.25, 0.3) is 0 Å². The largest absolute Gasteiger partial charge is 0.673 e. The number of hydrogen-bond donors (Lipinski definition) is 0. The zero-order valence-electron chi connectivity index (χ0n) is 13.3. The lowest BCUT2D eigenvalue weighted by molar-refractivity contribution is 0.368. The molecule has 7 heteroatoms. The third-order valence-electron chi connectivity index (χ3n) is 2.63. The van der Waals surface area contributed by atoms with Crippen LogP contribution in [0.15, 0.2) is 24.3 Å². The average Bonchev–Trinajstić information content (AvgIpc) is 2.14. The Morgan fingerprint density at radius 2 is 1.05 bits per heavy atom. The molecule has 0 heterocycles. The molecule has 0 amide bonds. The molecule has 21 heavy (non-hydrogen) atoms. The Labute approximate surface area is 125 Å². The predicted octanol–water partition coefficient (Wildman–Crippen LogP) is 5.56. The van der Waals surface area contributed by atoms with Gasteiger partial charge in [0.15, 0.2) is 0 Å². The molecule has 0 aliphatic carbocycles. The van der Waals surface area contributed by atoms with E-state index < -0.39 is 15.2 Å². The molecule has 0 nitrogen and oxygen atoms in total. The minimum atomic E-state index is -6.00. The van der Waals surface area contributed by atoms with Gasteiger partial charge >= 0.3 is 7.25 Å². The van der Waals surface area contributed by atoms with Crippen molar-refractivity contribution in [2.45, 2.75) is 51.9 Å². The molecular weight excluding hydrogens is 305 g/mol. The van der Waals surface area contributed by atoms with Crippen LogP contribution in [-0.4, -0.2) is 17.6 Å². The van der Waals surface area contributed by atoms with Gasteiger partial charge in [0, 0.05) is 7.92 Å². The van der Waals surface area contributed by atoms with Gasteiger partial charge in [0.25, 0.3) is 0 Å². The van der Waals surface area contributed by atoms with E-state index in [0.29, 0.717) is 0 Å². The van der Waals surface area contributed by atoms with Gasteiger partial charge in [-0.1, -0.05) is 0 Å². The van der Waals surface area contributed by atoms with Crippen LogP contribution in [0.3, 0.4) is 0 Å². The minimum Gasteiger partial charge on any atom is -0.418 e. The molecule has 122 valence electrons. The summed E-state index contributed by atoms with van der Waals surface area (Å²) in [5.74, 6) is -0.145. The van der Waals surface area contributed by atoms with Crippen molar-refractivity contribution in [2.75, 3.05) is 0 Å². The van der Waals surface area contributed by atoms with Gasteiger partial charge in [-0.3, -0.25) is 0 Å². The topological polar surface area (TPSA) is 0 Å². The monoisotopic (exact) mass is 328 g/mol. The van der Waals surface area contributed by atoms with Crippen molar-refractivity contribution in [3.05, 3.63) is 30.1 Å². The Kier molecular flexibility index (Phi) is 6.87. The maximum Gasteiger partial charge on any atom is 0.673 e. The molecule has 0 aliphatic rings. The molecule has 0 radical (unpaired) electrons. The lowest BCUT2D eigenvalue weighted by Gasteiger charge is -2.33. The summed E-state index contributed by atoms with van der Waals surface area (Å²) in [5.41, 5.74) is 0. The second-order valence-electron chi connectivity index (χ2n) is 6.88. The van der Waals surface area contributed by atoms with E-state index in [1.54, 1.807) is 12.1 Å². The van der Waals surface area contributed by atoms with Gasteiger partial charge in [-0.25, -0.2) is 4.39 Å². The van der Waals surface area contributed by atoms with E-state index in [1.807, 2.05) is 12.1 Å². The van der Waals surface area contributed by atoms with E-state index in [1.165, 1.54) is 5.30 Å². The van der Waals surface area contributed by atoms with Gasteiger partial charge in [-0.05, 0) is 65.8 Å². The minimum absolute atomic E-state index is 0.145. The number of rotatable bonds is 1. The van der Waals surface area contributed by atoms with Crippen LogP contribution in [0.1, 0.15) is 41.5 Å². The van der Waals surface area contributed by atoms with Crippen molar-refractivity contribution >= 4 is 20.5 Å². The molecule has 0 aromatic heterocycles. The van der Waals surface area contributed by atoms with Crippen molar-refractivity contribution in [1.82, 2.24) is 0 Å². The number of benzene rings is 1. The molecule has 0 saturated heterocycles. The molecule has 0 spiro atoms.